The predicted molar refractivity (Wildman–Crippen MR) is 148 cm³/mol. The highest BCUT2D eigenvalue weighted by Crippen LogP contribution is 2.38. The summed E-state index contributed by atoms with van der Waals surface area (Å²) in [5, 5.41) is 19.3. The summed E-state index contributed by atoms with van der Waals surface area (Å²) in [5.41, 5.74) is 6.49. The van der Waals surface area contributed by atoms with Crippen molar-refractivity contribution >= 4 is 23.0 Å². The van der Waals surface area contributed by atoms with Crippen LogP contribution in [0.25, 0.3) is 22.6 Å². The number of tetrazole rings is 1. The Morgan fingerprint density at radius 1 is 1.03 bits per heavy atom. The number of hydrogen-bond donors (Lipinski definition) is 1. The highest BCUT2D eigenvalue weighted by atomic mass is 32.2. The van der Waals surface area contributed by atoms with E-state index in [4.69, 9.17) is 14.8 Å². The van der Waals surface area contributed by atoms with E-state index in [-0.39, 0.29) is 0 Å². The Kier molecular flexibility index (Phi) is 8.30. The number of aromatic amines is 1. The molecule has 1 fully saturated rings. The first-order valence-corrected chi connectivity index (χ1v) is 14.3. The number of fused-ring (bicyclic) bond motifs is 1. The summed E-state index contributed by atoms with van der Waals surface area (Å²) in [4.78, 5) is 4.83. The molecule has 0 bridgehead atoms. The molecular weight excluding hydrogens is 482 g/mol. The number of nitrogens with one attached hydrogen (secondary N) is 1. The standard InChI is InChI=1S/C26H27N7OS.C2H6/c1-2-5-18(6-3-1)17-34-21-8-4-7-19(9-10-21)22-15-27-26-23(25-29-31-32-30-25)16-28-33(26)24(22)20-11-13-35-14-12-20;1-2/h1-3,5-6,9-10,15-16,20H,4,7-8,11-14,17H2,(H,29,30,31,32);1-2H3. The smallest absolute Gasteiger partial charge is 0.210 e. The Labute approximate surface area is 221 Å². The van der Waals surface area contributed by atoms with Crippen LogP contribution in [-0.2, 0) is 11.3 Å². The molecule has 4 aromatic rings. The molecule has 1 N–H and O–H groups in total. The lowest BCUT2D eigenvalue weighted by Crippen LogP contribution is -2.15. The quantitative estimate of drug-likeness (QED) is 0.326. The fraction of sp³-hybridized carbons (Fsp3) is 0.393. The number of hydrogen-bond acceptors (Lipinski definition) is 7. The molecule has 0 amide bonds. The molecule has 0 saturated carbocycles. The van der Waals surface area contributed by atoms with Gasteiger partial charge in [0.2, 0.25) is 5.82 Å². The lowest BCUT2D eigenvalue weighted by Gasteiger charge is -2.25. The van der Waals surface area contributed by atoms with Crippen molar-refractivity contribution in [1.82, 2.24) is 35.2 Å². The Bertz CT molecular complexity index is 1360. The number of aromatic nitrogens is 7. The fourth-order valence-corrected chi connectivity index (χ4v) is 6.01. The molecule has 0 atom stereocenters. The van der Waals surface area contributed by atoms with Crippen molar-refractivity contribution in [1.29, 1.82) is 0 Å². The first kappa shape index (κ1) is 25.2. The number of thioether (sulfide) groups is 1. The topological polar surface area (TPSA) is 93.9 Å². The van der Waals surface area contributed by atoms with Crippen molar-refractivity contribution in [2.45, 2.75) is 58.5 Å². The molecule has 0 unspecified atom stereocenters. The van der Waals surface area contributed by atoms with Gasteiger partial charge < -0.3 is 4.74 Å². The van der Waals surface area contributed by atoms with Crippen LogP contribution >= 0.6 is 11.8 Å². The van der Waals surface area contributed by atoms with Gasteiger partial charge >= 0.3 is 0 Å². The van der Waals surface area contributed by atoms with Gasteiger partial charge in [0.25, 0.3) is 0 Å². The molecular formula is C28H33N7OS. The molecule has 0 spiro atoms. The van der Waals surface area contributed by atoms with Gasteiger partial charge in [-0.1, -0.05) is 50.3 Å². The maximum Gasteiger partial charge on any atom is 0.210 e. The summed E-state index contributed by atoms with van der Waals surface area (Å²) >= 11 is 2.03. The molecule has 1 saturated heterocycles. The molecule has 37 heavy (non-hydrogen) atoms. The van der Waals surface area contributed by atoms with Gasteiger partial charge in [-0.3, -0.25) is 0 Å². The molecule has 192 valence electrons. The second-order valence-electron chi connectivity index (χ2n) is 8.93. The van der Waals surface area contributed by atoms with Crippen LogP contribution in [0, 0.1) is 0 Å². The van der Waals surface area contributed by atoms with Crippen molar-refractivity contribution in [2.24, 2.45) is 0 Å². The molecule has 1 aliphatic carbocycles. The minimum absolute atomic E-state index is 0.441. The molecule has 9 heteroatoms. The number of rotatable bonds is 6. The number of nitrogens with zero attached hydrogens (tertiary/aromatic N) is 6. The monoisotopic (exact) mass is 515 g/mol. The van der Waals surface area contributed by atoms with Gasteiger partial charge in [-0.25, -0.2) is 9.50 Å². The zero-order chi connectivity index (χ0) is 25.5. The molecule has 0 radical (unpaired) electrons. The summed E-state index contributed by atoms with van der Waals surface area (Å²) in [7, 11) is 0. The summed E-state index contributed by atoms with van der Waals surface area (Å²) < 4.78 is 8.17. The van der Waals surface area contributed by atoms with Crippen molar-refractivity contribution < 1.29 is 4.74 Å². The number of H-pyrrole nitrogens is 1. The van der Waals surface area contributed by atoms with E-state index in [9.17, 15) is 0 Å². The predicted octanol–water partition coefficient (Wildman–Crippen LogP) is 6.21. The lowest BCUT2D eigenvalue weighted by molar-refractivity contribution is 0.188. The van der Waals surface area contributed by atoms with E-state index in [1.165, 1.54) is 33.9 Å². The van der Waals surface area contributed by atoms with E-state index in [2.05, 4.69) is 44.9 Å². The Morgan fingerprint density at radius 3 is 2.65 bits per heavy atom. The van der Waals surface area contributed by atoms with E-state index < -0.39 is 0 Å². The van der Waals surface area contributed by atoms with E-state index in [0.29, 0.717) is 18.3 Å². The van der Waals surface area contributed by atoms with Crippen LogP contribution in [0.2, 0.25) is 0 Å². The van der Waals surface area contributed by atoms with Gasteiger partial charge in [0.05, 0.1) is 23.2 Å². The van der Waals surface area contributed by atoms with Gasteiger partial charge in [-0.2, -0.15) is 22.1 Å². The van der Waals surface area contributed by atoms with Crippen LogP contribution < -0.4 is 0 Å². The van der Waals surface area contributed by atoms with Gasteiger partial charge in [0.15, 0.2) is 5.65 Å². The largest absolute Gasteiger partial charge is 0.493 e. The van der Waals surface area contributed by atoms with Crippen LogP contribution in [0.3, 0.4) is 0 Å². The molecule has 3 aromatic heterocycles. The van der Waals surface area contributed by atoms with Crippen molar-refractivity contribution in [3.63, 3.8) is 0 Å². The van der Waals surface area contributed by atoms with Crippen LogP contribution in [0.1, 0.15) is 68.7 Å². The van der Waals surface area contributed by atoms with Crippen LogP contribution in [0.5, 0.6) is 0 Å². The summed E-state index contributed by atoms with van der Waals surface area (Å²) in [6.45, 7) is 4.60. The molecule has 2 aliphatic rings. The van der Waals surface area contributed by atoms with E-state index >= 15 is 0 Å². The average Bonchev–Trinajstić information content (AvgIpc) is 3.59. The highest BCUT2D eigenvalue weighted by molar-refractivity contribution is 7.99. The summed E-state index contributed by atoms with van der Waals surface area (Å²) in [6, 6.07) is 10.3. The Balaban J connectivity index is 0.00000137. The van der Waals surface area contributed by atoms with E-state index in [0.717, 1.165) is 49.1 Å². The maximum atomic E-state index is 6.15. The number of benzene rings is 1. The van der Waals surface area contributed by atoms with Crippen molar-refractivity contribution in [3.8, 4) is 11.4 Å². The lowest BCUT2D eigenvalue weighted by atomic mass is 9.90. The molecule has 1 aromatic carbocycles. The van der Waals surface area contributed by atoms with Crippen molar-refractivity contribution in [2.75, 3.05) is 11.5 Å². The third kappa shape index (κ3) is 5.61. The SMILES string of the molecule is C1=C(OCc2ccccc2)CCCC(c2cnc3c(-c4nn[nH]n4)cnn3c2C2CCSCC2)=C1.CC. The van der Waals surface area contributed by atoms with Crippen LogP contribution in [-0.4, -0.2) is 46.7 Å². The molecule has 4 heterocycles. The summed E-state index contributed by atoms with van der Waals surface area (Å²) in [6.07, 6.45) is 13.4. The zero-order valence-corrected chi connectivity index (χ0v) is 22.2. The van der Waals surface area contributed by atoms with Gasteiger partial charge in [0.1, 0.15) is 6.61 Å². The summed E-state index contributed by atoms with van der Waals surface area (Å²) in [5.74, 6) is 4.33. The first-order valence-electron chi connectivity index (χ1n) is 13.1. The third-order valence-electron chi connectivity index (χ3n) is 6.71. The molecule has 8 nitrogen and oxygen atoms in total. The van der Waals surface area contributed by atoms with Crippen LogP contribution in [0.15, 0.2) is 60.6 Å². The van der Waals surface area contributed by atoms with Crippen molar-refractivity contribution in [3.05, 3.63) is 77.5 Å². The van der Waals surface area contributed by atoms with Gasteiger partial charge in [-0.15, -0.1) is 10.2 Å². The molecule has 6 rings (SSSR count). The van der Waals surface area contributed by atoms with E-state index in [1.807, 2.05) is 54.5 Å². The van der Waals surface area contributed by atoms with E-state index in [1.54, 1.807) is 6.20 Å². The van der Waals surface area contributed by atoms with Gasteiger partial charge in [-0.05, 0) is 59.6 Å². The Hall–Kier alpha value is -3.46. The minimum Gasteiger partial charge on any atom is -0.493 e. The highest BCUT2D eigenvalue weighted by Gasteiger charge is 2.26. The second kappa shape index (κ2) is 12.2. The maximum absolute atomic E-state index is 6.15. The Morgan fingerprint density at radius 2 is 1.86 bits per heavy atom. The third-order valence-corrected chi connectivity index (χ3v) is 7.76. The molecule has 1 aliphatic heterocycles. The van der Waals surface area contributed by atoms with Gasteiger partial charge in [0, 0.05) is 24.1 Å². The minimum atomic E-state index is 0.441. The fourth-order valence-electron chi connectivity index (χ4n) is 4.90. The van der Waals surface area contributed by atoms with Crippen LogP contribution in [0.4, 0.5) is 0 Å². The zero-order valence-electron chi connectivity index (χ0n) is 21.4. The number of ether oxygens (including phenoxy) is 1. The second-order valence-corrected chi connectivity index (χ2v) is 10.2. The first-order chi connectivity index (χ1) is 18.4. The number of allylic oxidation sites excluding steroid dienone is 4. The normalized spacial score (nSPS) is 16.4. The average molecular weight is 516 g/mol.